The van der Waals surface area contributed by atoms with Crippen molar-refractivity contribution in [1.82, 2.24) is 14.5 Å². The molecular weight excluding hydrogens is 372 g/mol. The zero-order valence-corrected chi connectivity index (χ0v) is 16.5. The van der Waals surface area contributed by atoms with E-state index in [-0.39, 0.29) is 10.5 Å². The minimum absolute atomic E-state index is 0.0475. The van der Waals surface area contributed by atoms with Crippen LogP contribution in [0.15, 0.2) is 23.1 Å². The van der Waals surface area contributed by atoms with Crippen LogP contribution >= 0.6 is 0 Å². The van der Waals surface area contributed by atoms with Gasteiger partial charge in [-0.25, -0.2) is 13.2 Å². The van der Waals surface area contributed by atoms with Gasteiger partial charge >= 0.3 is 5.97 Å². The van der Waals surface area contributed by atoms with Crippen molar-refractivity contribution in [2.24, 2.45) is 7.05 Å². The average Bonchev–Trinajstić information content (AvgIpc) is 2.79. The first-order valence-corrected chi connectivity index (χ1v) is 9.59. The summed E-state index contributed by atoms with van der Waals surface area (Å²) in [4.78, 5) is 23.4. The van der Waals surface area contributed by atoms with Crippen LogP contribution in [0.4, 0.5) is 5.69 Å². The van der Waals surface area contributed by atoms with Crippen molar-refractivity contribution in [1.29, 1.82) is 0 Å². The van der Waals surface area contributed by atoms with Gasteiger partial charge < -0.3 is 10.4 Å². The third-order valence-corrected chi connectivity index (χ3v) is 5.95. The summed E-state index contributed by atoms with van der Waals surface area (Å²) in [5.41, 5.74) is 1.80. The highest BCUT2D eigenvalue weighted by Crippen LogP contribution is 2.19. The topological polar surface area (TPSA) is 130 Å². The van der Waals surface area contributed by atoms with Crippen LogP contribution in [0, 0.1) is 20.8 Å². The fourth-order valence-corrected chi connectivity index (χ4v) is 4.36. The average molecular weight is 394 g/mol. The van der Waals surface area contributed by atoms with E-state index in [0.29, 0.717) is 22.6 Å². The van der Waals surface area contributed by atoms with Crippen LogP contribution in [0.5, 0.6) is 0 Å². The first-order chi connectivity index (χ1) is 12.4. The van der Waals surface area contributed by atoms with E-state index in [0.717, 1.165) is 0 Å². The Hall–Kier alpha value is -2.72. The maximum Gasteiger partial charge on any atom is 0.335 e. The molecule has 27 heavy (non-hydrogen) atoms. The summed E-state index contributed by atoms with van der Waals surface area (Å²) < 4.78 is 29.0. The minimum Gasteiger partial charge on any atom is -0.478 e. The Morgan fingerprint density at radius 1 is 1.22 bits per heavy atom. The van der Waals surface area contributed by atoms with E-state index >= 15 is 0 Å². The smallest absolute Gasteiger partial charge is 0.335 e. The number of aromatic carboxylic acids is 1. The van der Waals surface area contributed by atoms with Gasteiger partial charge in [-0.1, -0.05) is 0 Å². The first-order valence-electron chi connectivity index (χ1n) is 8.11. The summed E-state index contributed by atoms with van der Waals surface area (Å²) in [6.45, 7) is 6.25. The Morgan fingerprint density at radius 3 is 2.33 bits per heavy atom. The molecule has 1 heterocycles. The highest BCUT2D eigenvalue weighted by molar-refractivity contribution is 7.89. The van der Waals surface area contributed by atoms with Crippen molar-refractivity contribution in [2.75, 3.05) is 5.32 Å². The van der Waals surface area contributed by atoms with Gasteiger partial charge in [0.25, 0.3) is 0 Å². The summed E-state index contributed by atoms with van der Waals surface area (Å²) in [5.74, 6) is -1.63. The van der Waals surface area contributed by atoms with E-state index in [1.807, 2.05) is 0 Å². The molecule has 1 aromatic carbocycles. The normalized spacial score (nSPS) is 12.6. The van der Waals surface area contributed by atoms with Crippen molar-refractivity contribution in [2.45, 2.75) is 38.6 Å². The van der Waals surface area contributed by atoms with Crippen LogP contribution < -0.4 is 10.0 Å². The molecule has 0 radical (unpaired) electrons. The molecule has 0 aliphatic carbocycles. The number of aryl methyl sites for hydroxylation is 3. The Labute approximate surface area is 157 Å². The second kappa shape index (κ2) is 7.49. The molecule has 1 amide bonds. The molecule has 1 unspecified atom stereocenters. The van der Waals surface area contributed by atoms with E-state index in [9.17, 15) is 18.0 Å². The molecule has 0 spiro atoms. The number of amides is 1. The Bertz CT molecular complexity index is 1010. The lowest BCUT2D eigenvalue weighted by Gasteiger charge is -2.15. The molecule has 10 heteroatoms. The lowest BCUT2D eigenvalue weighted by Crippen LogP contribution is -2.41. The van der Waals surface area contributed by atoms with E-state index in [2.05, 4.69) is 15.1 Å². The van der Waals surface area contributed by atoms with Gasteiger partial charge in [0.15, 0.2) is 0 Å². The molecule has 0 fully saturated rings. The monoisotopic (exact) mass is 394 g/mol. The fraction of sp³-hybridized carbons (Fsp3) is 0.353. The van der Waals surface area contributed by atoms with E-state index in [1.54, 1.807) is 27.8 Å². The molecule has 0 saturated carbocycles. The molecule has 9 nitrogen and oxygen atoms in total. The number of benzene rings is 1. The number of nitrogens with one attached hydrogen (secondary N) is 2. The third kappa shape index (κ3) is 4.34. The molecule has 0 bridgehead atoms. The van der Waals surface area contributed by atoms with E-state index < -0.39 is 27.9 Å². The molecule has 3 N–H and O–H groups in total. The second-order valence-electron chi connectivity index (χ2n) is 6.29. The summed E-state index contributed by atoms with van der Waals surface area (Å²) in [6.07, 6.45) is 0. The number of carboxylic acids is 1. The quantitative estimate of drug-likeness (QED) is 0.678. The molecule has 146 valence electrons. The lowest BCUT2D eigenvalue weighted by molar-refractivity contribution is -0.117. The highest BCUT2D eigenvalue weighted by atomic mass is 32.2. The van der Waals surface area contributed by atoms with Gasteiger partial charge in [-0.15, -0.1) is 0 Å². The summed E-state index contributed by atoms with van der Waals surface area (Å²) >= 11 is 0. The van der Waals surface area contributed by atoms with Gasteiger partial charge in [-0.2, -0.15) is 9.82 Å². The predicted octanol–water partition coefficient (Wildman–Crippen LogP) is 1.35. The molecule has 2 aromatic rings. The van der Waals surface area contributed by atoms with Gasteiger partial charge in [0.05, 0.1) is 23.0 Å². The molecule has 2 rings (SSSR count). The van der Waals surface area contributed by atoms with Crippen molar-refractivity contribution < 1.29 is 23.1 Å². The molecular formula is C17H22N4O5S. The number of hydrogen-bond acceptors (Lipinski definition) is 5. The Kier molecular flexibility index (Phi) is 5.71. The van der Waals surface area contributed by atoms with Crippen LogP contribution in [-0.2, 0) is 21.9 Å². The van der Waals surface area contributed by atoms with Crippen LogP contribution in [0.25, 0.3) is 0 Å². The van der Waals surface area contributed by atoms with Gasteiger partial charge in [0, 0.05) is 12.7 Å². The zero-order chi connectivity index (χ0) is 20.5. The van der Waals surface area contributed by atoms with Gasteiger partial charge in [0.1, 0.15) is 4.90 Å². The van der Waals surface area contributed by atoms with Crippen LogP contribution in [0.2, 0.25) is 0 Å². The van der Waals surface area contributed by atoms with Crippen molar-refractivity contribution in [3.05, 3.63) is 40.7 Å². The van der Waals surface area contributed by atoms with Crippen LogP contribution in [-0.4, -0.2) is 41.2 Å². The number of carbonyl (C=O) groups is 2. The maximum absolute atomic E-state index is 12.6. The number of rotatable bonds is 6. The SMILES string of the molecule is Cc1cc(NC(=O)C(C)NS(=O)(=O)c2c(C)nn(C)c2C)ccc1C(=O)O. The fourth-order valence-electron chi connectivity index (χ4n) is 2.72. The molecule has 0 aliphatic heterocycles. The number of hydrogen-bond donors (Lipinski definition) is 3. The van der Waals surface area contributed by atoms with Crippen LogP contribution in [0.3, 0.4) is 0 Å². The number of carbonyl (C=O) groups excluding carboxylic acids is 1. The number of sulfonamides is 1. The van der Waals surface area contributed by atoms with Gasteiger partial charge in [0.2, 0.25) is 15.9 Å². The number of nitrogens with zero attached hydrogens (tertiary/aromatic N) is 2. The second-order valence-corrected chi connectivity index (χ2v) is 7.94. The summed E-state index contributed by atoms with van der Waals surface area (Å²) in [7, 11) is -2.30. The lowest BCUT2D eigenvalue weighted by atomic mass is 10.1. The van der Waals surface area contributed by atoms with Crippen molar-refractivity contribution in [3.8, 4) is 0 Å². The standard InChI is InChI=1S/C17H22N4O5S/c1-9-8-13(6-7-14(9)17(23)24)18-16(22)11(3)20-27(25,26)15-10(2)19-21(5)12(15)4/h6-8,11,20H,1-5H3,(H,18,22)(H,23,24). The maximum atomic E-state index is 12.6. The predicted molar refractivity (Wildman–Crippen MR) is 99.2 cm³/mol. The van der Waals surface area contributed by atoms with Gasteiger partial charge in [-0.3, -0.25) is 9.48 Å². The Balaban J connectivity index is 2.16. The van der Waals surface area contributed by atoms with E-state index in [1.165, 1.54) is 29.8 Å². The van der Waals surface area contributed by atoms with E-state index in [4.69, 9.17) is 5.11 Å². The summed E-state index contributed by atoms with van der Waals surface area (Å²) in [6, 6.07) is 3.29. The minimum atomic E-state index is -3.94. The molecule has 1 aromatic heterocycles. The zero-order valence-electron chi connectivity index (χ0n) is 15.7. The van der Waals surface area contributed by atoms with Crippen molar-refractivity contribution >= 4 is 27.6 Å². The first kappa shape index (κ1) is 20.6. The summed E-state index contributed by atoms with van der Waals surface area (Å²) in [5, 5.41) is 15.7. The van der Waals surface area contributed by atoms with Crippen LogP contribution in [0.1, 0.15) is 34.2 Å². The Morgan fingerprint density at radius 2 is 1.85 bits per heavy atom. The molecule has 0 saturated heterocycles. The molecule has 0 aliphatic rings. The van der Waals surface area contributed by atoms with Crippen molar-refractivity contribution in [3.63, 3.8) is 0 Å². The largest absolute Gasteiger partial charge is 0.478 e. The third-order valence-electron chi connectivity index (χ3n) is 4.16. The molecule has 1 atom stereocenters. The van der Waals surface area contributed by atoms with Gasteiger partial charge in [-0.05, 0) is 51.5 Å². The highest BCUT2D eigenvalue weighted by Gasteiger charge is 2.27. The number of anilines is 1. The number of carboxylic acid groups (broad SMARTS) is 1. The number of aromatic nitrogens is 2.